The van der Waals surface area contributed by atoms with Gasteiger partial charge in [0.05, 0.1) is 18.3 Å². The Morgan fingerprint density at radius 3 is 2.79 bits per heavy atom. The van der Waals surface area contributed by atoms with Crippen molar-refractivity contribution in [3.8, 4) is 0 Å². The van der Waals surface area contributed by atoms with Gasteiger partial charge in [0.25, 0.3) is 0 Å². The van der Waals surface area contributed by atoms with Crippen LogP contribution in [0, 0.1) is 30.6 Å². The predicted octanol–water partition coefficient (Wildman–Crippen LogP) is 3.55. The number of H-pyrrole nitrogens is 1. The molecule has 4 aliphatic carbocycles. The summed E-state index contributed by atoms with van der Waals surface area (Å²) >= 11 is 0. The molecule has 5 fully saturated rings. The maximum absolute atomic E-state index is 13.3. The molecule has 8 heteroatoms. The summed E-state index contributed by atoms with van der Waals surface area (Å²) in [5.74, 6) is -1.31. The number of aryl methyl sites for hydroxylation is 2. The fourth-order valence-corrected chi connectivity index (χ4v) is 9.83. The van der Waals surface area contributed by atoms with Gasteiger partial charge in [-0.05, 0) is 76.6 Å². The van der Waals surface area contributed by atoms with Gasteiger partial charge in [0.1, 0.15) is 17.3 Å². The van der Waals surface area contributed by atoms with Crippen molar-refractivity contribution in [1.82, 2.24) is 9.88 Å². The number of aromatic amines is 1. The number of nitrogens with zero attached hydrogens (tertiary/aromatic N) is 1. The molecule has 212 valence electrons. The average molecular weight is 539 g/mol. The highest BCUT2D eigenvalue weighted by Gasteiger charge is 2.79. The lowest BCUT2D eigenvalue weighted by atomic mass is 9.41. The quantitative estimate of drug-likeness (QED) is 0.399. The van der Waals surface area contributed by atoms with E-state index < -0.39 is 34.6 Å². The number of aromatic nitrogens is 1. The molecule has 4 bridgehead atoms. The number of esters is 1. The fraction of sp³-hybridized carbons (Fsp3) is 0.710. The zero-order valence-electron chi connectivity index (χ0n) is 23.8. The molecule has 0 unspecified atom stereocenters. The highest BCUT2D eigenvalue weighted by Crippen LogP contribution is 2.74. The summed E-state index contributed by atoms with van der Waals surface area (Å²) in [7, 11) is 2.10. The molecule has 3 N–H and O–H groups in total. The molecule has 0 radical (unpaired) electrons. The van der Waals surface area contributed by atoms with Gasteiger partial charge < -0.3 is 34.3 Å². The van der Waals surface area contributed by atoms with Gasteiger partial charge in [-0.25, -0.2) is 4.79 Å². The smallest absolute Gasteiger partial charge is 0.340 e. The van der Waals surface area contributed by atoms with Gasteiger partial charge in [-0.2, -0.15) is 0 Å². The zero-order chi connectivity index (χ0) is 27.6. The Morgan fingerprint density at radius 2 is 2.05 bits per heavy atom. The first-order chi connectivity index (χ1) is 18.4. The van der Waals surface area contributed by atoms with E-state index in [9.17, 15) is 15.0 Å². The lowest BCUT2D eigenvalue weighted by Gasteiger charge is -2.73. The van der Waals surface area contributed by atoms with Crippen molar-refractivity contribution in [3.05, 3.63) is 46.3 Å². The molecule has 0 amide bonds. The van der Waals surface area contributed by atoms with E-state index in [4.69, 9.17) is 14.2 Å². The van der Waals surface area contributed by atoms with E-state index in [0.29, 0.717) is 44.4 Å². The van der Waals surface area contributed by atoms with Crippen LogP contribution in [0.4, 0.5) is 0 Å². The second kappa shape index (κ2) is 8.07. The normalized spacial score (nSPS) is 45.4. The summed E-state index contributed by atoms with van der Waals surface area (Å²) in [6, 6.07) is 1.83. The number of aliphatic hydroxyl groups excluding tert-OH is 1. The van der Waals surface area contributed by atoms with Gasteiger partial charge in [0.2, 0.25) is 0 Å². The summed E-state index contributed by atoms with van der Waals surface area (Å²) in [6.07, 6.45) is 7.06. The SMILES string of the molecule is Cc1cc(C(=O)O[C@@H](C)C2=CC[C@@]34OCCN(C)C[C@@]23C[C@@H](O)[C@]23O[C@]5(O)CC[C@@]2(C)[C@H](CC=C43)C5)c(C)[nH]1. The van der Waals surface area contributed by atoms with Crippen molar-refractivity contribution in [2.24, 2.45) is 16.7 Å². The van der Waals surface area contributed by atoms with E-state index in [0.717, 1.165) is 41.9 Å². The zero-order valence-corrected chi connectivity index (χ0v) is 23.8. The highest BCUT2D eigenvalue weighted by molar-refractivity contribution is 5.91. The Labute approximate surface area is 230 Å². The van der Waals surface area contributed by atoms with Crippen molar-refractivity contribution in [3.63, 3.8) is 0 Å². The van der Waals surface area contributed by atoms with E-state index in [1.807, 2.05) is 26.8 Å². The molecule has 2 saturated carbocycles. The van der Waals surface area contributed by atoms with Crippen molar-refractivity contribution < 1.29 is 29.2 Å². The summed E-state index contributed by atoms with van der Waals surface area (Å²) in [5.41, 5.74) is 1.68. The Bertz CT molecular complexity index is 1300. The summed E-state index contributed by atoms with van der Waals surface area (Å²) in [5, 5.41) is 23.8. The highest BCUT2D eigenvalue weighted by atomic mass is 16.7. The van der Waals surface area contributed by atoms with Crippen LogP contribution in [0.1, 0.15) is 74.1 Å². The molecule has 1 aromatic heterocycles. The molecule has 1 spiro atoms. The monoisotopic (exact) mass is 538 g/mol. The summed E-state index contributed by atoms with van der Waals surface area (Å²) in [6.45, 7) is 10.0. The molecule has 1 aromatic rings. The largest absolute Gasteiger partial charge is 0.454 e. The number of allylic oxidation sites excluding steroid dienone is 1. The molecule has 8 nitrogen and oxygen atoms in total. The number of rotatable bonds is 3. The van der Waals surface area contributed by atoms with E-state index >= 15 is 0 Å². The number of hydrogen-bond acceptors (Lipinski definition) is 7. The van der Waals surface area contributed by atoms with Crippen molar-refractivity contribution in [2.45, 2.75) is 95.4 Å². The van der Waals surface area contributed by atoms with Gasteiger partial charge in [-0.15, -0.1) is 0 Å². The third-order valence-electron chi connectivity index (χ3n) is 11.5. The fourth-order valence-electron chi connectivity index (χ4n) is 9.83. The van der Waals surface area contributed by atoms with E-state index in [1.165, 1.54) is 0 Å². The first kappa shape index (κ1) is 26.0. The number of aliphatic hydroxyl groups is 2. The van der Waals surface area contributed by atoms with E-state index in [2.05, 4.69) is 36.0 Å². The van der Waals surface area contributed by atoms with Crippen LogP contribution in [-0.2, 0) is 14.2 Å². The number of ether oxygens (including phenoxy) is 3. The molecular weight excluding hydrogens is 496 g/mol. The third kappa shape index (κ3) is 3.10. The third-order valence-corrected chi connectivity index (χ3v) is 11.5. The second-order valence-electron chi connectivity index (χ2n) is 13.6. The number of carbonyl (C=O) groups excluding carboxylic acids is 1. The van der Waals surface area contributed by atoms with Crippen LogP contribution in [0.25, 0.3) is 0 Å². The molecular formula is C31H42N2O6. The molecule has 8 atom stereocenters. The number of fused-ring (bicyclic) bond motifs is 1. The minimum absolute atomic E-state index is 0.252. The number of likely N-dealkylation sites (N-methyl/N-ethyl adjacent to an activating group) is 1. The van der Waals surface area contributed by atoms with Crippen molar-refractivity contribution in [2.75, 3.05) is 26.7 Å². The van der Waals surface area contributed by atoms with Crippen LogP contribution >= 0.6 is 0 Å². The van der Waals surface area contributed by atoms with Crippen molar-refractivity contribution in [1.29, 1.82) is 0 Å². The Balaban J connectivity index is 1.32. The average Bonchev–Trinajstić information content (AvgIpc) is 3.31. The molecule has 7 aliphatic rings. The van der Waals surface area contributed by atoms with Gasteiger partial charge in [0.15, 0.2) is 5.79 Å². The lowest BCUT2D eigenvalue weighted by molar-refractivity contribution is -0.401. The first-order valence-electron chi connectivity index (χ1n) is 14.6. The summed E-state index contributed by atoms with van der Waals surface area (Å²) < 4.78 is 19.9. The maximum atomic E-state index is 13.3. The Kier molecular flexibility index (Phi) is 5.37. The van der Waals surface area contributed by atoms with E-state index in [1.54, 1.807) is 0 Å². The number of carbonyl (C=O) groups is 1. The maximum Gasteiger partial charge on any atom is 0.340 e. The van der Waals surface area contributed by atoms with Crippen LogP contribution in [0.5, 0.6) is 0 Å². The van der Waals surface area contributed by atoms with E-state index in [-0.39, 0.29) is 17.3 Å². The lowest BCUT2D eigenvalue weighted by Crippen LogP contribution is -2.79. The van der Waals surface area contributed by atoms with Gasteiger partial charge in [-0.3, -0.25) is 0 Å². The van der Waals surface area contributed by atoms with Crippen molar-refractivity contribution >= 4 is 5.97 Å². The molecule has 3 aliphatic heterocycles. The van der Waals surface area contributed by atoms with Crippen LogP contribution < -0.4 is 0 Å². The van der Waals surface area contributed by atoms with Crippen LogP contribution in [0.2, 0.25) is 0 Å². The molecule has 39 heavy (non-hydrogen) atoms. The van der Waals surface area contributed by atoms with Gasteiger partial charge in [0, 0.05) is 48.1 Å². The minimum atomic E-state index is -1.22. The predicted molar refractivity (Wildman–Crippen MR) is 144 cm³/mol. The standard InChI is InChI=1S/C31H42N2O6/c1-18-14-22(19(2)32-18)26(35)38-20(3)23-8-9-30-24-7-6-21-15-29(36)11-10-27(21,4)31(24,39-29)25(34)16-28(23,30)17-33(5)12-13-37-30/h7-8,14,20-21,25,32,34,36H,6,9-13,15-17H2,1-5H3/t20-,21+,25+,27-,28-,29+,30-,31-/m0/s1. The number of hydrogen-bond donors (Lipinski definition) is 3. The molecule has 8 rings (SSSR count). The van der Waals surface area contributed by atoms with Crippen LogP contribution in [0.3, 0.4) is 0 Å². The Hall–Kier alpha value is -1.97. The summed E-state index contributed by atoms with van der Waals surface area (Å²) in [4.78, 5) is 18.7. The molecule has 4 heterocycles. The van der Waals surface area contributed by atoms with Crippen LogP contribution in [0.15, 0.2) is 29.4 Å². The topological polar surface area (TPSA) is 104 Å². The minimum Gasteiger partial charge on any atom is -0.454 e. The van der Waals surface area contributed by atoms with Gasteiger partial charge >= 0.3 is 5.97 Å². The second-order valence-corrected chi connectivity index (χ2v) is 13.6. The first-order valence-corrected chi connectivity index (χ1v) is 14.6. The number of nitrogens with one attached hydrogen (secondary N) is 1. The van der Waals surface area contributed by atoms with Gasteiger partial charge in [-0.1, -0.05) is 19.1 Å². The van der Waals surface area contributed by atoms with Crippen LogP contribution in [-0.4, -0.2) is 82.0 Å². The molecule has 0 aromatic carbocycles. The molecule has 3 saturated heterocycles. The Morgan fingerprint density at radius 1 is 1.26 bits per heavy atom.